The van der Waals surface area contributed by atoms with Crippen LogP contribution >= 0.6 is 0 Å². The van der Waals surface area contributed by atoms with E-state index in [-0.39, 0.29) is 18.0 Å². The molecule has 8 heteroatoms. The first-order valence-corrected chi connectivity index (χ1v) is 11.0. The standard InChI is InChI=1S/C21H28N2O5S/c1-15-8-10-17(11-9-15)29(26,27)22-12-18-20(21(25)19(14-24)28-18)23(2)13-16-6-4-3-5-7-16/h3-11,18-22,24-25H,12-14H2,1-2H3. The van der Waals surface area contributed by atoms with Crippen molar-refractivity contribution in [2.24, 2.45) is 0 Å². The number of ether oxygens (including phenoxy) is 1. The van der Waals surface area contributed by atoms with Crippen molar-refractivity contribution in [1.82, 2.24) is 9.62 Å². The molecule has 1 aliphatic heterocycles. The molecule has 0 spiro atoms. The quantitative estimate of drug-likeness (QED) is 0.587. The van der Waals surface area contributed by atoms with Gasteiger partial charge < -0.3 is 14.9 Å². The van der Waals surface area contributed by atoms with Crippen molar-refractivity contribution < 1.29 is 23.4 Å². The summed E-state index contributed by atoms with van der Waals surface area (Å²) >= 11 is 0. The minimum Gasteiger partial charge on any atom is -0.394 e. The fourth-order valence-corrected chi connectivity index (χ4v) is 4.70. The van der Waals surface area contributed by atoms with Gasteiger partial charge in [-0.1, -0.05) is 48.0 Å². The summed E-state index contributed by atoms with van der Waals surface area (Å²) in [6.07, 6.45) is -2.29. The molecule has 0 aliphatic carbocycles. The lowest BCUT2D eigenvalue weighted by Crippen LogP contribution is -2.49. The van der Waals surface area contributed by atoms with Crippen LogP contribution in [-0.4, -0.2) is 68.1 Å². The molecule has 7 nitrogen and oxygen atoms in total. The summed E-state index contributed by atoms with van der Waals surface area (Å²) < 4.78 is 33.6. The monoisotopic (exact) mass is 420 g/mol. The van der Waals surface area contributed by atoms with Crippen LogP contribution in [0.5, 0.6) is 0 Å². The van der Waals surface area contributed by atoms with Gasteiger partial charge in [-0.05, 0) is 31.7 Å². The number of hydrogen-bond donors (Lipinski definition) is 3. The third-order valence-electron chi connectivity index (χ3n) is 5.23. The highest BCUT2D eigenvalue weighted by molar-refractivity contribution is 7.89. The Hall–Kier alpha value is -1.81. The molecule has 1 aliphatic rings. The molecule has 0 radical (unpaired) electrons. The first kappa shape index (κ1) is 21.9. The van der Waals surface area contributed by atoms with Crippen molar-refractivity contribution in [3.63, 3.8) is 0 Å². The van der Waals surface area contributed by atoms with Crippen LogP contribution in [0.15, 0.2) is 59.5 Å². The van der Waals surface area contributed by atoms with Crippen LogP contribution in [0.1, 0.15) is 11.1 Å². The largest absolute Gasteiger partial charge is 0.394 e. The first-order chi connectivity index (χ1) is 13.8. The number of nitrogens with one attached hydrogen (secondary N) is 1. The maximum absolute atomic E-state index is 12.6. The minimum absolute atomic E-state index is 0.00638. The molecule has 0 aromatic heterocycles. The van der Waals surface area contributed by atoms with Crippen molar-refractivity contribution in [1.29, 1.82) is 0 Å². The van der Waals surface area contributed by atoms with E-state index >= 15 is 0 Å². The maximum atomic E-state index is 12.6. The van der Waals surface area contributed by atoms with Gasteiger partial charge >= 0.3 is 0 Å². The Bertz CT molecular complexity index is 889. The molecule has 4 unspecified atom stereocenters. The van der Waals surface area contributed by atoms with E-state index in [2.05, 4.69) is 4.72 Å². The second-order valence-electron chi connectivity index (χ2n) is 7.44. The molecule has 158 valence electrons. The van der Waals surface area contributed by atoms with Crippen LogP contribution in [-0.2, 0) is 21.3 Å². The van der Waals surface area contributed by atoms with E-state index in [1.165, 1.54) is 0 Å². The highest BCUT2D eigenvalue weighted by Gasteiger charge is 2.45. The van der Waals surface area contributed by atoms with Crippen LogP contribution in [0.2, 0.25) is 0 Å². The predicted octanol–water partition coefficient (Wildman–Crippen LogP) is 0.895. The van der Waals surface area contributed by atoms with E-state index in [9.17, 15) is 18.6 Å². The van der Waals surface area contributed by atoms with Gasteiger partial charge in [0.05, 0.1) is 23.6 Å². The molecule has 0 amide bonds. The molecule has 2 aromatic carbocycles. The number of rotatable bonds is 8. The molecule has 29 heavy (non-hydrogen) atoms. The average Bonchev–Trinajstić information content (AvgIpc) is 3.03. The molecule has 1 saturated heterocycles. The Morgan fingerprint density at radius 2 is 1.72 bits per heavy atom. The van der Waals surface area contributed by atoms with Crippen molar-refractivity contribution in [2.75, 3.05) is 20.2 Å². The Labute approximate surface area is 172 Å². The summed E-state index contributed by atoms with van der Waals surface area (Å²) in [6.45, 7) is 2.11. The first-order valence-electron chi connectivity index (χ1n) is 9.56. The van der Waals surface area contributed by atoms with Gasteiger partial charge in [-0.15, -0.1) is 0 Å². The molecule has 3 rings (SSSR count). The molecule has 4 atom stereocenters. The lowest BCUT2D eigenvalue weighted by molar-refractivity contribution is -0.0201. The molecule has 1 heterocycles. The molecular weight excluding hydrogens is 392 g/mol. The van der Waals surface area contributed by atoms with Gasteiger partial charge in [0.25, 0.3) is 0 Å². The van der Waals surface area contributed by atoms with Gasteiger partial charge in [-0.25, -0.2) is 13.1 Å². The van der Waals surface area contributed by atoms with Gasteiger partial charge in [0.15, 0.2) is 0 Å². The van der Waals surface area contributed by atoms with E-state index in [1.54, 1.807) is 24.3 Å². The fourth-order valence-electron chi connectivity index (χ4n) is 3.66. The van der Waals surface area contributed by atoms with Crippen molar-refractivity contribution in [3.8, 4) is 0 Å². The SMILES string of the molecule is Cc1ccc(S(=O)(=O)NCC2OC(CO)C(O)C2N(C)Cc2ccccc2)cc1. The third-order valence-corrected chi connectivity index (χ3v) is 6.67. The predicted molar refractivity (Wildman–Crippen MR) is 110 cm³/mol. The lowest BCUT2D eigenvalue weighted by atomic mass is 10.0. The van der Waals surface area contributed by atoms with Crippen molar-refractivity contribution in [2.45, 2.75) is 42.7 Å². The topological polar surface area (TPSA) is 99.1 Å². The number of benzene rings is 2. The van der Waals surface area contributed by atoms with E-state index in [1.807, 2.05) is 49.2 Å². The van der Waals surface area contributed by atoms with Gasteiger partial charge in [-0.2, -0.15) is 0 Å². The maximum Gasteiger partial charge on any atom is 0.240 e. The van der Waals surface area contributed by atoms with Gasteiger partial charge in [0.2, 0.25) is 10.0 Å². The number of aryl methyl sites for hydroxylation is 1. The Balaban J connectivity index is 1.72. The average molecular weight is 421 g/mol. The van der Waals surface area contributed by atoms with Gasteiger partial charge in [0, 0.05) is 13.1 Å². The minimum atomic E-state index is -3.71. The summed E-state index contributed by atoms with van der Waals surface area (Å²) in [7, 11) is -1.85. The number of nitrogens with zero attached hydrogens (tertiary/aromatic N) is 1. The molecule has 3 N–H and O–H groups in total. The van der Waals surface area contributed by atoms with Crippen LogP contribution in [0.4, 0.5) is 0 Å². The number of likely N-dealkylation sites (N-methyl/N-ethyl adjacent to an activating group) is 1. The second-order valence-corrected chi connectivity index (χ2v) is 9.21. The summed E-state index contributed by atoms with van der Waals surface area (Å²) in [5, 5.41) is 20.2. The number of aliphatic hydroxyl groups is 2. The third kappa shape index (κ3) is 5.22. The molecule has 0 saturated carbocycles. The fraction of sp³-hybridized carbons (Fsp3) is 0.429. The summed E-state index contributed by atoms with van der Waals surface area (Å²) in [5.41, 5.74) is 2.04. The zero-order valence-corrected chi connectivity index (χ0v) is 17.4. The summed E-state index contributed by atoms with van der Waals surface area (Å²) in [5.74, 6) is 0. The van der Waals surface area contributed by atoms with Crippen molar-refractivity contribution >= 4 is 10.0 Å². The van der Waals surface area contributed by atoms with Crippen LogP contribution < -0.4 is 4.72 Å². The highest BCUT2D eigenvalue weighted by Crippen LogP contribution is 2.26. The number of aliphatic hydroxyl groups excluding tert-OH is 2. The van der Waals surface area contributed by atoms with Gasteiger partial charge in [-0.3, -0.25) is 4.90 Å². The van der Waals surface area contributed by atoms with Crippen LogP contribution in [0, 0.1) is 6.92 Å². The Morgan fingerprint density at radius 1 is 1.07 bits per heavy atom. The smallest absolute Gasteiger partial charge is 0.240 e. The summed E-state index contributed by atoms with van der Waals surface area (Å²) in [6, 6.07) is 15.9. The lowest BCUT2D eigenvalue weighted by Gasteiger charge is -2.30. The Morgan fingerprint density at radius 3 is 2.34 bits per heavy atom. The van der Waals surface area contributed by atoms with E-state index in [4.69, 9.17) is 4.74 Å². The number of sulfonamides is 1. The van der Waals surface area contributed by atoms with Gasteiger partial charge in [0.1, 0.15) is 12.2 Å². The molecule has 0 bridgehead atoms. The van der Waals surface area contributed by atoms with Crippen LogP contribution in [0.25, 0.3) is 0 Å². The van der Waals surface area contributed by atoms with E-state index < -0.39 is 34.4 Å². The Kier molecular flexibility index (Phi) is 7.05. The molecular formula is C21H28N2O5S. The highest BCUT2D eigenvalue weighted by atomic mass is 32.2. The summed E-state index contributed by atoms with van der Waals surface area (Å²) in [4.78, 5) is 2.11. The van der Waals surface area contributed by atoms with Crippen molar-refractivity contribution in [3.05, 3.63) is 65.7 Å². The van der Waals surface area contributed by atoms with E-state index in [0.717, 1.165) is 11.1 Å². The zero-order valence-electron chi connectivity index (χ0n) is 16.6. The number of hydrogen-bond acceptors (Lipinski definition) is 6. The molecule has 2 aromatic rings. The molecule has 1 fully saturated rings. The van der Waals surface area contributed by atoms with Crippen LogP contribution in [0.3, 0.4) is 0 Å². The normalized spacial score (nSPS) is 24.9. The zero-order chi connectivity index (χ0) is 21.0. The second kappa shape index (κ2) is 9.34. The van der Waals surface area contributed by atoms with E-state index in [0.29, 0.717) is 6.54 Å².